The predicted octanol–water partition coefficient (Wildman–Crippen LogP) is 2.72. The summed E-state index contributed by atoms with van der Waals surface area (Å²) in [5.41, 5.74) is 0. The first-order valence-corrected chi connectivity index (χ1v) is 7.83. The van der Waals surface area contributed by atoms with Crippen LogP contribution in [0, 0.1) is 6.92 Å². The van der Waals surface area contributed by atoms with Crippen LogP contribution in [0.4, 0.5) is 0 Å². The minimum atomic E-state index is -0.483. The largest absolute Gasteiger partial charge is 0.388 e. The van der Waals surface area contributed by atoms with Crippen LogP contribution in [0.1, 0.15) is 41.9 Å². The Morgan fingerprint density at radius 3 is 2.50 bits per heavy atom. The van der Waals surface area contributed by atoms with Gasteiger partial charge in [0.25, 0.3) is 0 Å². The number of hydrogen-bond acceptors (Lipinski definition) is 8. The van der Waals surface area contributed by atoms with Crippen molar-refractivity contribution < 1.29 is 14.2 Å². The predicted molar refractivity (Wildman–Crippen MR) is 79.3 cm³/mol. The lowest BCUT2D eigenvalue weighted by Gasteiger charge is -1.96. The average Bonchev–Trinajstić information content (AvgIpc) is 3.18. The summed E-state index contributed by atoms with van der Waals surface area (Å²) in [7, 11) is 0. The van der Waals surface area contributed by atoms with Gasteiger partial charge in [-0.15, -0.1) is 11.3 Å². The summed E-state index contributed by atoms with van der Waals surface area (Å²) in [6, 6.07) is 3.77. The summed E-state index contributed by atoms with van der Waals surface area (Å²) in [6.45, 7) is 3.52. The van der Waals surface area contributed by atoms with E-state index in [0.29, 0.717) is 36.3 Å². The minimum Gasteiger partial charge on any atom is -0.388 e. The van der Waals surface area contributed by atoms with Crippen LogP contribution in [0.5, 0.6) is 0 Å². The molecule has 1 atom stereocenters. The number of thiophene rings is 1. The summed E-state index contributed by atoms with van der Waals surface area (Å²) < 4.78 is 10.3. The van der Waals surface area contributed by atoms with E-state index in [0.717, 1.165) is 16.2 Å². The number of aryl methyl sites for hydroxylation is 3. The summed E-state index contributed by atoms with van der Waals surface area (Å²) in [5, 5.41) is 17.3. The van der Waals surface area contributed by atoms with Crippen LogP contribution >= 0.6 is 11.3 Å². The van der Waals surface area contributed by atoms with Crippen molar-refractivity contribution in [2.24, 2.45) is 0 Å². The fourth-order valence-electron chi connectivity index (χ4n) is 1.99. The van der Waals surface area contributed by atoms with Gasteiger partial charge in [0, 0.05) is 17.7 Å². The van der Waals surface area contributed by atoms with Crippen molar-refractivity contribution in [3.63, 3.8) is 0 Å². The second kappa shape index (κ2) is 6.37. The van der Waals surface area contributed by atoms with Gasteiger partial charge in [0.2, 0.25) is 17.6 Å². The van der Waals surface area contributed by atoms with E-state index in [9.17, 15) is 5.11 Å². The summed E-state index contributed by atoms with van der Waals surface area (Å²) in [4.78, 5) is 10.3. The Labute approximate surface area is 131 Å². The molecule has 0 saturated carbocycles. The highest BCUT2D eigenvalue weighted by molar-refractivity contribution is 7.15. The Kier molecular flexibility index (Phi) is 4.30. The monoisotopic (exact) mass is 320 g/mol. The van der Waals surface area contributed by atoms with Crippen molar-refractivity contribution in [2.45, 2.75) is 39.2 Å². The van der Waals surface area contributed by atoms with Gasteiger partial charge in [-0.3, -0.25) is 0 Å². The molecule has 0 aliphatic heterocycles. The van der Waals surface area contributed by atoms with Gasteiger partial charge in [-0.2, -0.15) is 9.97 Å². The van der Waals surface area contributed by atoms with Crippen molar-refractivity contribution in [3.8, 4) is 10.7 Å². The SMILES string of the molecule is Cc1noc(CCCc2nc(-c3ccc(C(C)O)s3)no2)n1. The standard InChI is InChI=1S/C14H16N4O3S/c1-8(19)10-6-7-11(22-10)14-16-13(21-18-14)5-3-4-12-15-9(2)17-20-12/h6-8,19H,3-5H2,1-2H3. The third kappa shape index (κ3) is 3.40. The van der Waals surface area contributed by atoms with Gasteiger partial charge in [0.15, 0.2) is 5.82 Å². The summed E-state index contributed by atoms with van der Waals surface area (Å²) in [6.07, 6.45) is 1.65. The van der Waals surface area contributed by atoms with Gasteiger partial charge in [0.1, 0.15) is 0 Å². The maximum atomic E-state index is 9.54. The second-order valence-corrected chi connectivity index (χ2v) is 6.09. The lowest BCUT2D eigenvalue weighted by Crippen LogP contribution is -1.91. The number of aliphatic hydroxyl groups excluding tert-OH is 1. The van der Waals surface area contributed by atoms with Crippen LogP contribution < -0.4 is 0 Å². The van der Waals surface area contributed by atoms with Crippen molar-refractivity contribution in [3.05, 3.63) is 34.6 Å². The molecule has 0 amide bonds. The van der Waals surface area contributed by atoms with Crippen molar-refractivity contribution in [1.29, 1.82) is 0 Å². The molecule has 0 aliphatic rings. The molecule has 0 fully saturated rings. The van der Waals surface area contributed by atoms with Crippen molar-refractivity contribution >= 4 is 11.3 Å². The zero-order valence-electron chi connectivity index (χ0n) is 12.3. The molecule has 0 aliphatic carbocycles. The van der Waals surface area contributed by atoms with Crippen LogP contribution in [-0.2, 0) is 12.8 Å². The Morgan fingerprint density at radius 1 is 1.14 bits per heavy atom. The smallest absolute Gasteiger partial charge is 0.226 e. The van der Waals surface area contributed by atoms with E-state index in [1.165, 1.54) is 11.3 Å². The molecular weight excluding hydrogens is 304 g/mol. The second-order valence-electron chi connectivity index (χ2n) is 4.98. The molecule has 116 valence electrons. The third-order valence-corrected chi connectivity index (χ3v) is 4.33. The number of aromatic nitrogens is 4. The van der Waals surface area contributed by atoms with E-state index in [1.54, 1.807) is 13.8 Å². The molecule has 0 bridgehead atoms. The van der Waals surface area contributed by atoms with Crippen molar-refractivity contribution in [1.82, 2.24) is 20.3 Å². The van der Waals surface area contributed by atoms with Crippen LogP contribution in [0.2, 0.25) is 0 Å². The maximum absolute atomic E-state index is 9.54. The molecule has 3 heterocycles. The zero-order valence-corrected chi connectivity index (χ0v) is 13.1. The topological polar surface area (TPSA) is 98.1 Å². The first kappa shape index (κ1) is 14.9. The van der Waals surface area contributed by atoms with Crippen LogP contribution in [0.3, 0.4) is 0 Å². The van der Waals surface area contributed by atoms with Gasteiger partial charge >= 0.3 is 0 Å². The molecule has 8 heteroatoms. The highest BCUT2D eigenvalue weighted by Crippen LogP contribution is 2.29. The van der Waals surface area contributed by atoms with Gasteiger partial charge in [-0.25, -0.2) is 0 Å². The highest BCUT2D eigenvalue weighted by atomic mass is 32.1. The summed E-state index contributed by atoms with van der Waals surface area (Å²) >= 11 is 1.46. The van der Waals surface area contributed by atoms with E-state index in [-0.39, 0.29) is 0 Å². The Balaban J connectivity index is 1.58. The number of rotatable bonds is 6. The van der Waals surface area contributed by atoms with Gasteiger partial charge in [0.05, 0.1) is 11.0 Å². The van der Waals surface area contributed by atoms with E-state index in [2.05, 4.69) is 20.3 Å². The fourth-order valence-corrected chi connectivity index (χ4v) is 2.86. The molecule has 22 heavy (non-hydrogen) atoms. The molecule has 3 aromatic rings. The molecule has 7 nitrogen and oxygen atoms in total. The molecule has 3 rings (SSSR count). The molecule has 0 saturated heterocycles. The third-order valence-electron chi connectivity index (χ3n) is 3.08. The number of hydrogen-bond donors (Lipinski definition) is 1. The van der Waals surface area contributed by atoms with Crippen LogP contribution in [-0.4, -0.2) is 25.4 Å². The lowest BCUT2D eigenvalue weighted by atomic mass is 10.2. The lowest BCUT2D eigenvalue weighted by molar-refractivity contribution is 0.203. The Bertz CT molecular complexity index is 747. The van der Waals surface area contributed by atoms with E-state index < -0.39 is 6.10 Å². The van der Waals surface area contributed by atoms with E-state index >= 15 is 0 Å². The molecule has 3 aromatic heterocycles. The molecule has 1 N–H and O–H groups in total. The molecular formula is C14H16N4O3S. The maximum Gasteiger partial charge on any atom is 0.226 e. The van der Waals surface area contributed by atoms with Gasteiger partial charge in [-0.05, 0) is 32.4 Å². The van der Waals surface area contributed by atoms with Gasteiger partial charge < -0.3 is 14.2 Å². The number of aliphatic hydroxyl groups is 1. The summed E-state index contributed by atoms with van der Waals surface area (Å²) in [5.74, 6) is 2.40. The first-order chi connectivity index (χ1) is 10.6. The van der Waals surface area contributed by atoms with Crippen LogP contribution in [0.25, 0.3) is 10.7 Å². The molecule has 0 radical (unpaired) electrons. The molecule has 1 unspecified atom stereocenters. The molecule has 0 aromatic carbocycles. The average molecular weight is 320 g/mol. The quantitative estimate of drug-likeness (QED) is 0.745. The van der Waals surface area contributed by atoms with Crippen molar-refractivity contribution in [2.75, 3.05) is 0 Å². The van der Waals surface area contributed by atoms with E-state index in [1.807, 2.05) is 12.1 Å². The van der Waals surface area contributed by atoms with Gasteiger partial charge in [-0.1, -0.05) is 10.3 Å². The fraction of sp³-hybridized carbons (Fsp3) is 0.429. The Hall–Kier alpha value is -2.06. The van der Waals surface area contributed by atoms with E-state index in [4.69, 9.17) is 9.05 Å². The highest BCUT2D eigenvalue weighted by Gasteiger charge is 2.13. The van der Waals surface area contributed by atoms with Crippen LogP contribution in [0.15, 0.2) is 21.2 Å². The first-order valence-electron chi connectivity index (χ1n) is 7.02. The zero-order chi connectivity index (χ0) is 15.5. The molecule has 0 spiro atoms. The normalized spacial score (nSPS) is 12.7. The number of nitrogens with zero attached hydrogens (tertiary/aromatic N) is 4. The Morgan fingerprint density at radius 2 is 1.86 bits per heavy atom. The minimum absolute atomic E-state index is 0.483.